The number of aryl methyl sites for hydroxylation is 1. The van der Waals surface area contributed by atoms with E-state index in [0.29, 0.717) is 0 Å². The third kappa shape index (κ3) is 3.37. The van der Waals surface area contributed by atoms with Crippen molar-refractivity contribution in [3.8, 4) is 0 Å². The van der Waals surface area contributed by atoms with Crippen molar-refractivity contribution in [2.75, 3.05) is 27.2 Å². The third-order valence-corrected chi connectivity index (χ3v) is 3.71. The lowest BCUT2D eigenvalue weighted by Crippen LogP contribution is -2.34. The van der Waals surface area contributed by atoms with Crippen molar-refractivity contribution in [1.82, 2.24) is 19.8 Å². The van der Waals surface area contributed by atoms with Gasteiger partial charge in [0.1, 0.15) is 5.82 Å². The molecule has 0 fully saturated rings. The number of nitrogens with one attached hydrogen (secondary N) is 1. The molecule has 4 nitrogen and oxygen atoms in total. The van der Waals surface area contributed by atoms with Gasteiger partial charge >= 0.3 is 0 Å². The summed E-state index contributed by atoms with van der Waals surface area (Å²) in [6, 6.07) is 0. The van der Waals surface area contributed by atoms with Crippen LogP contribution >= 0.6 is 0 Å². The Morgan fingerprint density at radius 1 is 1.37 bits per heavy atom. The van der Waals surface area contributed by atoms with Crippen LogP contribution in [0.2, 0.25) is 0 Å². The standard InChI is InChI=1S/C15H28N4/c1-6-14-17-12-9-16-8-7-13(12)19(14)11-15(2,3)10-18(4)5/h16H,6-11H2,1-5H3. The molecule has 19 heavy (non-hydrogen) atoms. The highest BCUT2D eigenvalue weighted by atomic mass is 15.1. The van der Waals surface area contributed by atoms with Crippen LogP contribution in [-0.4, -0.2) is 41.6 Å². The molecule has 108 valence electrons. The van der Waals surface area contributed by atoms with Gasteiger partial charge in [0.2, 0.25) is 0 Å². The number of imidazole rings is 1. The lowest BCUT2D eigenvalue weighted by molar-refractivity contribution is 0.207. The maximum absolute atomic E-state index is 4.82. The molecule has 1 aromatic rings. The SMILES string of the molecule is CCc1nc2c(n1CC(C)(C)CN(C)C)CCNC2. The summed E-state index contributed by atoms with van der Waals surface area (Å²) in [6.07, 6.45) is 2.13. The molecule has 1 aliphatic heterocycles. The van der Waals surface area contributed by atoms with Crippen molar-refractivity contribution >= 4 is 0 Å². The van der Waals surface area contributed by atoms with E-state index >= 15 is 0 Å². The smallest absolute Gasteiger partial charge is 0.108 e. The first-order valence-electron chi connectivity index (χ1n) is 7.35. The second kappa shape index (κ2) is 5.63. The van der Waals surface area contributed by atoms with Gasteiger partial charge in [0.15, 0.2) is 0 Å². The summed E-state index contributed by atoms with van der Waals surface area (Å²) < 4.78 is 2.49. The monoisotopic (exact) mass is 264 g/mol. The van der Waals surface area contributed by atoms with E-state index in [9.17, 15) is 0 Å². The van der Waals surface area contributed by atoms with Gasteiger partial charge in [-0.05, 0) is 19.5 Å². The molecule has 0 spiro atoms. The fourth-order valence-corrected chi connectivity index (χ4v) is 3.22. The molecule has 0 aromatic carbocycles. The molecular weight excluding hydrogens is 236 g/mol. The summed E-state index contributed by atoms with van der Waals surface area (Å²) in [5.41, 5.74) is 3.00. The zero-order valence-electron chi connectivity index (χ0n) is 13.1. The van der Waals surface area contributed by atoms with Crippen molar-refractivity contribution < 1.29 is 0 Å². The molecule has 0 atom stereocenters. The molecule has 4 heteroatoms. The summed E-state index contributed by atoms with van der Waals surface area (Å²) in [6.45, 7) is 11.1. The molecule has 1 N–H and O–H groups in total. The molecule has 0 aliphatic carbocycles. The van der Waals surface area contributed by atoms with Crippen LogP contribution in [0.15, 0.2) is 0 Å². The van der Waals surface area contributed by atoms with Gasteiger partial charge in [-0.3, -0.25) is 0 Å². The zero-order chi connectivity index (χ0) is 14.0. The van der Waals surface area contributed by atoms with Crippen molar-refractivity contribution in [1.29, 1.82) is 0 Å². The van der Waals surface area contributed by atoms with Gasteiger partial charge in [0.05, 0.1) is 5.69 Å². The van der Waals surface area contributed by atoms with E-state index in [4.69, 9.17) is 4.98 Å². The van der Waals surface area contributed by atoms with E-state index in [1.807, 2.05) is 0 Å². The highest BCUT2D eigenvalue weighted by Gasteiger charge is 2.25. The minimum Gasteiger partial charge on any atom is -0.331 e. The second-order valence-electron chi connectivity index (χ2n) is 6.69. The number of rotatable bonds is 5. The first kappa shape index (κ1) is 14.5. The summed E-state index contributed by atoms with van der Waals surface area (Å²) in [4.78, 5) is 7.09. The van der Waals surface area contributed by atoms with Gasteiger partial charge < -0.3 is 14.8 Å². The molecule has 2 heterocycles. The van der Waals surface area contributed by atoms with E-state index in [1.54, 1.807) is 0 Å². The average molecular weight is 264 g/mol. The van der Waals surface area contributed by atoms with Gasteiger partial charge in [0.25, 0.3) is 0 Å². The van der Waals surface area contributed by atoms with Gasteiger partial charge in [0, 0.05) is 44.7 Å². The molecule has 0 saturated carbocycles. The lowest BCUT2D eigenvalue weighted by Gasteiger charge is -2.30. The van der Waals surface area contributed by atoms with E-state index in [1.165, 1.54) is 17.2 Å². The Labute approximate surface area is 117 Å². The van der Waals surface area contributed by atoms with E-state index in [-0.39, 0.29) is 5.41 Å². The van der Waals surface area contributed by atoms with Crippen LogP contribution in [-0.2, 0) is 25.9 Å². The predicted octanol–water partition coefficient (Wildman–Crippen LogP) is 1.68. The van der Waals surface area contributed by atoms with Gasteiger partial charge in [-0.1, -0.05) is 20.8 Å². The maximum atomic E-state index is 4.82. The van der Waals surface area contributed by atoms with Crippen LogP contribution in [0.4, 0.5) is 0 Å². The summed E-state index contributed by atoms with van der Waals surface area (Å²) >= 11 is 0. The number of hydrogen-bond donors (Lipinski definition) is 1. The lowest BCUT2D eigenvalue weighted by atomic mass is 9.92. The molecule has 0 bridgehead atoms. The third-order valence-electron chi connectivity index (χ3n) is 3.71. The van der Waals surface area contributed by atoms with E-state index in [0.717, 1.165) is 39.0 Å². The number of hydrogen-bond acceptors (Lipinski definition) is 3. The molecule has 1 aliphatic rings. The Balaban J connectivity index is 2.26. The Hall–Kier alpha value is -0.870. The summed E-state index contributed by atoms with van der Waals surface area (Å²) in [5, 5.41) is 3.42. The Kier molecular flexibility index (Phi) is 4.31. The fourth-order valence-electron chi connectivity index (χ4n) is 3.22. The number of aromatic nitrogens is 2. The topological polar surface area (TPSA) is 33.1 Å². The number of nitrogens with zero attached hydrogens (tertiary/aromatic N) is 3. The predicted molar refractivity (Wildman–Crippen MR) is 79.4 cm³/mol. The van der Waals surface area contributed by atoms with Crippen LogP contribution < -0.4 is 5.32 Å². The molecule has 1 aromatic heterocycles. The van der Waals surface area contributed by atoms with Crippen LogP contribution in [0.3, 0.4) is 0 Å². The van der Waals surface area contributed by atoms with Crippen LogP contribution in [0.1, 0.15) is 38.0 Å². The minimum absolute atomic E-state index is 0.271. The molecular formula is C15H28N4. The van der Waals surface area contributed by atoms with Crippen molar-refractivity contribution in [3.05, 3.63) is 17.2 Å². The second-order valence-corrected chi connectivity index (χ2v) is 6.69. The van der Waals surface area contributed by atoms with Crippen molar-refractivity contribution in [2.24, 2.45) is 5.41 Å². The van der Waals surface area contributed by atoms with E-state index < -0.39 is 0 Å². The molecule has 2 rings (SSSR count). The molecule has 0 amide bonds. The Morgan fingerprint density at radius 3 is 2.74 bits per heavy atom. The summed E-state index contributed by atoms with van der Waals surface area (Å²) in [7, 11) is 4.30. The van der Waals surface area contributed by atoms with Crippen LogP contribution in [0.5, 0.6) is 0 Å². The maximum Gasteiger partial charge on any atom is 0.108 e. The first-order chi connectivity index (χ1) is 8.93. The molecule has 0 unspecified atom stereocenters. The van der Waals surface area contributed by atoms with Crippen molar-refractivity contribution in [3.63, 3.8) is 0 Å². The van der Waals surface area contributed by atoms with Crippen LogP contribution in [0.25, 0.3) is 0 Å². The van der Waals surface area contributed by atoms with Crippen molar-refractivity contribution in [2.45, 2.75) is 46.7 Å². The first-order valence-corrected chi connectivity index (χ1v) is 7.35. The van der Waals surface area contributed by atoms with E-state index in [2.05, 4.69) is 49.7 Å². The van der Waals surface area contributed by atoms with Crippen LogP contribution in [0, 0.1) is 5.41 Å². The quantitative estimate of drug-likeness (QED) is 0.878. The molecule has 0 saturated heterocycles. The van der Waals surface area contributed by atoms with Gasteiger partial charge in [-0.15, -0.1) is 0 Å². The largest absolute Gasteiger partial charge is 0.331 e. The highest BCUT2D eigenvalue weighted by molar-refractivity contribution is 5.20. The highest BCUT2D eigenvalue weighted by Crippen LogP contribution is 2.24. The van der Waals surface area contributed by atoms with Gasteiger partial charge in [-0.25, -0.2) is 4.98 Å². The fraction of sp³-hybridized carbons (Fsp3) is 0.800. The summed E-state index contributed by atoms with van der Waals surface area (Å²) in [5.74, 6) is 1.25. The average Bonchev–Trinajstić information content (AvgIpc) is 2.65. The zero-order valence-corrected chi connectivity index (χ0v) is 13.1. The molecule has 0 radical (unpaired) electrons. The number of fused-ring (bicyclic) bond motifs is 1. The normalized spacial score (nSPS) is 15.9. The Bertz CT molecular complexity index is 432. The Morgan fingerprint density at radius 2 is 2.11 bits per heavy atom. The minimum atomic E-state index is 0.271. The van der Waals surface area contributed by atoms with Gasteiger partial charge in [-0.2, -0.15) is 0 Å².